The molecule has 0 bridgehead atoms. The molecule has 2 unspecified atom stereocenters. The molecular formula is C24H34FN9. The molecular weight excluding hydrogens is 433 g/mol. The molecule has 2 aromatic heterocycles. The van der Waals surface area contributed by atoms with Crippen LogP contribution in [0.15, 0.2) is 24.0 Å². The van der Waals surface area contributed by atoms with Gasteiger partial charge in [-0.05, 0) is 75.0 Å². The molecule has 0 aromatic carbocycles. The van der Waals surface area contributed by atoms with E-state index in [9.17, 15) is 0 Å². The molecule has 1 aliphatic carbocycles. The first-order valence-electron chi connectivity index (χ1n) is 12.4. The van der Waals surface area contributed by atoms with Crippen LogP contribution < -0.4 is 10.6 Å². The van der Waals surface area contributed by atoms with Crippen molar-refractivity contribution >= 4 is 17.5 Å². The zero-order chi connectivity index (χ0) is 23.7. The summed E-state index contributed by atoms with van der Waals surface area (Å²) in [5, 5.41) is 18.3. The Morgan fingerprint density at radius 2 is 2.00 bits per heavy atom. The molecule has 4 atom stereocenters. The van der Waals surface area contributed by atoms with Gasteiger partial charge < -0.3 is 15.5 Å². The van der Waals surface area contributed by atoms with E-state index in [1.807, 2.05) is 26.8 Å². The Labute approximate surface area is 199 Å². The first-order chi connectivity index (χ1) is 16.5. The number of alkyl halides is 1. The maximum atomic E-state index is 15.1. The summed E-state index contributed by atoms with van der Waals surface area (Å²) < 4.78 is 16.7. The van der Waals surface area contributed by atoms with Crippen LogP contribution in [0.5, 0.6) is 0 Å². The fourth-order valence-corrected chi connectivity index (χ4v) is 5.48. The molecule has 0 saturated carbocycles. The Bertz CT molecular complexity index is 1080. The SMILES string of the molecule is Cc1cnc(NC2=CC(n3nnnc3C)=CC(C)C2F)nc1NC[C@@H]1CCCN2CCCC[C@H]12. The largest absolute Gasteiger partial charge is 0.369 e. The molecule has 0 spiro atoms. The fraction of sp³-hybridized carbons (Fsp3) is 0.625. The Kier molecular flexibility index (Phi) is 6.58. The average molecular weight is 468 g/mol. The monoisotopic (exact) mass is 467 g/mol. The zero-order valence-corrected chi connectivity index (χ0v) is 20.2. The predicted molar refractivity (Wildman–Crippen MR) is 130 cm³/mol. The molecule has 2 saturated heterocycles. The van der Waals surface area contributed by atoms with Crippen molar-refractivity contribution in [1.82, 2.24) is 35.1 Å². The van der Waals surface area contributed by atoms with E-state index in [2.05, 4.69) is 36.0 Å². The maximum Gasteiger partial charge on any atom is 0.228 e. The molecule has 0 radical (unpaired) electrons. The summed E-state index contributed by atoms with van der Waals surface area (Å²) in [6.07, 6.45) is 10.6. The standard InChI is InChI=1S/C24H34FN9/c1-15-11-19(34-17(3)30-31-32-34)12-20(22(15)25)28-24-27-13-16(2)23(29-24)26-14-18-7-6-10-33-9-5-4-8-21(18)33/h11-13,15,18,21-22H,4-10,14H2,1-3H3,(H2,26,27,28,29)/t15?,18-,21+,22?/m0/s1. The van der Waals surface area contributed by atoms with Crippen LogP contribution >= 0.6 is 0 Å². The topological polar surface area (TPSA) is 96.7 Å². The molecule has 182 valence electrons. The summed E-state index contributed by atoms with van der Waals surface area (Å²) in [6, 6.07) is 0.677. The van der Waals surface area contributed by atoms with Gasteiger partial charge in [0.1, 0.15) is 12.0 Å². The summed E-state index contributed by atoms with van der Waals surface area (Å²) in [5.41, 5.74) is 2.11. The van der Waals surface area contributed by atoms with Crippen molar-refractivity contribution in [2.75, 3.05) is 30.3 Å². The lowest BCUT2D eigenvalue weighted by Crippen LogP contribution is -2.49. The highest BCUT2D eigenvalue weighted by atomic mass is 19.1. The van der Waals surface area contributed by atoms with E-state index in [-0.39, 0.29) is 5.92 Å². The molecule has 2 fully saturated rings. The minimum absolute atomic E-state index is 0.334. The molecule has 9 nitrogen and oxygen atoms in total. The van der Waals surface area contributed by atoms with Gasteiger partial charge >= 0.3 is 0 Å². The average Bonchev–Trinajstić information content (AvgIpc) is 3.28. The van der Waals surface area contributed by atoms with E-state index in [0.717, 1.165) is 23.6 Å². The van der Waals surface area contributed by atoms with E-state index in [1.165, 1.54) is 45.2 Å². The van der Waals surface area contributed by atoms with E-state index >= 15 is 4.39 Å². The van der Waals surface area contributed by atoms with Crippen molar-refractivity contribution in [2.45, 2.75) is 65.1 Å². The molecule has 4 heterocycles. The van der Waals surface area contributed by atoms with Crippen LogP contribution in [-0.2, 0) is 0 Å². The number of anilines is 2. The third-order valence-corrected chi connectivity index (χ3v) is 7.35. The number of allylic oxidation sites excluding steroid dienone is 4. The van der Waals surface area contributed by atoms with Gasteiger partial charge in [0.15, 0.2) is 5.82 Å². The van der Waals surface area contributed by atoms with Gasteiger partial charge in [0.25, 0.3) is 0 Å². The number of nitrogens with zero attached hydrogens (tertiary/aromatic N) is 7. The first-order valence-corrected chi connectivity index (χ1v) is 12.4. The Morgan fingerprint density at radius 1 is 1.15 bits per heavy atom. The van der Waals surface area contributed by atoms with Gasteiger partial charge in [-0.3, -0.25) is 0 Å². The summed E-state index contributed by atoms with van der Waals surface area (Å²) in [7, 11) is 0. The second kappa shape index (κ2) is 9.77. The summed E-state index contributed by atoms with van der Waals surface area (Å²) in [5.74, 6) is 2.12. The number of hydrogen-bond donors (Lipinski definition) is 2. The van der Waals surface area contributed by atoms with Gasteiger partial charge in [0.2, 0.25) is 5.95 Å². The van der Waals surface area contributed by atoms with Gasteiger partial charge in [-0.1, -0.05) is 19.4 Å². The number of aromatic nitrogens is 6. The molecule has 2 N–H and O–H groups in total. The lowest BCUT2D eigenvalue weighted by Gasteiger charge is -2.44. The molecule has 3 aliphatic rings. The highest BCUT2D eigenvalue weighted by Crippen LogP contribution is 2.32. The lowest BCUT2D eigenvalue weighted by molar-refractivity contribution is 0.0649. The number of rotatable bonds is 6. The van der Waals surface area contributed by atoms with Crippen molar-refractivity contribution in [3.8, 4) is 0 Å². The minimum atomic E-state index is -1.19. The molecule has 10 heteroatoms. The van der Waals surface area contributed by atoms with Gasteiger partial charge in [-0.2, -0.15) is 9.67 Å². The van der Waals surface area contributed by atoms with Crippen LogP contribution in [0.3, 0.4) is 0 Å². The number of halogens is 1. The van der Waals surface area contributed by atoms with E-state index in [0.29, 0.717) is 29.4 Å². The number of aryl methyl sites for hydroxylation is 2. The van der Waals surface area contributed by atoms with Crippen molar-refractivity contribution in [3.63, 3.8) is 0 Å². The molecule has 2 aromatic rings. The number of fused-ring (bicyclic) bond motifs is 1. The van der Waals surface area contributed by atoms with Gasteiger partial charge in [-0.25, -0.2) is 9.37 Å². The summed E-state index contributed by atoms with van der Waals surface area (Å²) in [6.45, 7) is 9.02. The lowest BCUT2D eigenvalue weighted by atomic mass is 9.83. The number of piperidine rings is 2. The van der Waals surface area contributed by atoms with E-state index in [1.54, 1.807) is 17.0 Å². The van der Waals surface area contributed by atoms with Crippen LogP contribution in [0.1, 0.15) is 50.4 Å². The van der Waals surface area contributed by atoms with E-state index < -0.39 is 6.17 Å². The summed E-state index contributed by atoms with van der Waals surface area (Å²) >= 11 is 0. The van der Waals surface area contributed by atoms with Crippen molar-refractivity contribution < 1.29 is 4.39 Å². The Morgan fingerprint density at radius 3 is 2.82 bits per heavy atom. The number of nitrogens with one attached hydrogen (secondary N) is 2. The van der Waals surface area contributed by atoms with E-state index in [4.69, 9.17) is 4.98 Å². The molecule has 0 amide bonds. The predicted octanol–water partition coefficient (Wildman–Crippen LogP) is 3.58. The minimum Gasteiger partial charge on any atom is -0.369 e. The second-order valence-corrected chi connectivity index (χ2v) is 9.82. The van der Waals surface area contributed by atoms with Crippen LogP contribution in [0.25, 0.3) is 5.70 Å². The zero-order valence-electron chi connectivity index (χ0n) is 20.2. The van der Waals surface area contributed by atoms with Crippen LogP contribution in [0.4, 0.5) is 16.2 Å². The van der Waals surface area contributed by atoms with Crippen LogP contribution in [-0.4, -0.2) is 66.9 Å². The maximum absolute atomic E-state index is 15.1. The third kappa shape index (κ3) is 4.68. The second-order valence-electron chi connectivity index (χ2n) is 9.82. The van der Waals surface area contributed by atoms with Crippen molar-refractivity contribution in [3.05, 3.63) is 35.4 Å². The summed E-state index contributed by atoms with van der Waals surface area (Å²) in [4.78, 5) is 11.8. The first kappa shape index (κ1) is 22.9. The van der Waals surface area contributed by atoms with Crippen LogP contribution in [0, 0.1) is 25.7 Å². The quantitative estimate of drug-likeness (QED) is 0.666. The fourth-order valence-electron chi connectivity index (χ4n) is 5.48. The smallest absolute Gasteiger partial charge is 0.228 e. The third-order valence-electron chi connectivity index (χ3n) is 7.35. The molecule has 34 heavy (non-hydrogen) atoms. The highest BCUT2D eigenvalue weighted by molar-refractivity contribution is 5.63. The Hall–Kier alpha value is -2.88. The molecule has 5 rings (SSSR count). The Balaban J connectivity index is 1.30. The molecule has 2 aliphatic heterocycles. The number of tetrazole rings is 1. The van der Waals surface area contributed by atoms with Crippen LogP contribution in [0.2, 0.25) is 0 Å². The van der Waals surface area contributed by atoms with Crippen molar-refractivity contribution in [1.29, 1.82) is 0 Å². The normalized spacial score (nSPS) is 27.5. The van der Waals surface area contributed by atoms with Crippen molar-refractivity contribution in [2.24, 2.45) is 11.8 Å². The number of hydrogen-bond acceptors (Lipinski definition) is 8. The highest BCUT2D eigenvalue weighted by Gasteiger charge is 2.33. The van der Waals surface area contributed by atoms with Gasteiger partial charge in [-0.15, -0.1) is 5.10 Å². The van der Waals surface area contributed by atoms with Gasteiger partial charge in [0.05, 0.1) is 11.4 Å². The van der Waals surface area contributed by atoms with Gasteiger partial charge in [0, 0.05) is 30.3 Å².